The van der Waals surface area contributed by atoms with E-state index in [-0.39, 0.29) is 5.82 Å². The molecule has 1 fully saturated rings. The van der Waals surface area contributed by atoms with Gasteiger partial charge in [-0.25, -0.2) is 14.1 Å². The van der Waals surface area contributed by atoms with E-state index in [1.54, 1.807) is 12.3 Å². The minimum absolute atomic E-state index is 0.295. The monoisotopic (exact) mass is 247 g/mol. The van der Waals surface area contributed by atoms with E-state index in [1.165, 1.54) is 12.3 Å². The minimum Gasteiger partial charge on any atom is -0.356 e. The molecule has 0 unspecified atom stereocenters. The van der Waals surface area contributed by atoms with Crippen molar-refractivity contribution in [1.29, 1.82) is 0 Å². The molecule has 1 saturated heterocycles. The number of rotatable bonds is 2. The van der Waals surface area contributed by atoms with Gasteiger partial charge in [-0.2, -0.15) is 0 Å². The summed E-state index contributed by atoms with van der Waals surface area (Å²) in [6, 6.07) is 3.58. The largest absolute Gasteiger partial charge is 0.356 e. The summed E-state index contributed by atoms with van der Waals surface area (Å²) in [6.45, 7) is 1.81. The van der Waals surface area contributed by atoms with Crippen LogP contribution >= 0.6 is 0 Å². The number of halogens is 1. The molecule has 1 aliphatic rings. The van der Waals surface area contributed by atoms with Crippen LogP contribution in [0.1, 0.15) is 18.9 Å². The second kappa shape index (κ2) is 4.72. The average Bonchev–Trinajstić information content (AvgIpc) is 2.94. The van der Waals surface area contributed by atoms with Crippen molar-refractivity contribution in [1.82, 2.24) is 20.0 Å². The van der Waals surface area contributed by atoms with Crippen molar-refractivity contribution < 1.29 is 4.39 Å². The zero-order valence-corrected chi connectivity index (χ0v) is 9.91. The SMILES string of the molecule is Fc1ccc(N2CCC(n3ccnn3)CC2)nc1. The first kappa shape index (κ1) is 11.1. The van der Waals surface area contributed by atoms with Crippen LogP contribution in [0, 0.1) is 5.82 Å². The van der Waals surface area contributed by atoms with E-state index in [1.807, 2.05) is 10.9 Å². The third-order valence-electron chi connectivity index (χ3n) is 3.32. The van der Waals surface area contributed by atoms with Crippen molar-refractivity contribution >= 4 is 5.82 Å². The Bertz CT molecular complexity index is 488. The average molecular weight is 247 g/mol. The first-order valence-corrected chi connectivity index (χ1v) is 6.05. The van der Waals surface area contributed by atoms with Crippen LogP contribution in [-0.4, -0.2) is 33.1 Å². The fraction of sp³-hybridized carbons (Fsp3) is 0.417. The summed E-state index contributed by atoms with van der Waals surface area (Å²) in [5.74, 6) is 0.546. The van der Waals surface area contributed by atoms with Gasteiger partial charge in [0.15, 0.2) is 0 Å². The highest BCUT2D eigenvalue weighted by molar-refractivity contribution is 5.38. The van der Waals surface area contributed by atoms with Gasteiger partial charge in [0.2, 0.25) is 0 Å². The molecule has 3 rings (SSSR count). The number of piperidine rings is 1. The number of anilines is 1. The van der Waals surface area contributed by atoms with Crippen LogP contribution in [0.2, 0.25) is 0 Å². The lowest BCUT2D eigenvalue weighted by Gasteiger charge is -2.32. The van der Waals surface area contributed by atoms with Gasteiger partial charge in [-0.1, -0.05) is 5.21 Å². The number of hydrogen-bond donors (Lipinski definition) is 0. The normalized spacial score (nSPS) is 17.1. The van der Waals surface area contributed by atoms with Crippen LogP contribution < -0.4 is 4.90 Å². The summed E-state index contributed by atoms with van der Waals surface area (Å²) in [5, 5.41) is 7.86. The van der Waals surface area contributed by atoms with Crippen molar-refractivity contribution in [2.24, 2.45) is 0 Å². The maximum absolute atomic E-state index is 12.8. The molecule has 0 atom stereocenters. The highest BCUT2D eigenvalue weighted by atomic mass is 19.1. The predicted octanol–water partition coefficient (Wildman–Crippen LogP) is 1.65. The van der Waals surface area contributed by atoms with Crippen LogP contribution in [0.15, 0.2) is 30.7 Å². The first-order valence-electron chi connectivity index (χ1n) is 6.05. The molecule has 1 aliphatic heterocycles. The Labute approximate surface area is 104 Å². The lowest BCUT2D eigenvalue weighted by Crippen LogP contribution is -2.35. The molecular weight excluding hydrogens is 233 g/mol. The Morgan fingerprint density at radius 2 is 2.06 bits per heavy atom. The first-order chi connectivity index (χ1) is 8.83. The molecule has 0 spiro atoms. The summed E-state index contributed by atoms with van der Waals surface area (Å²) in [6.07, 6.45) is 6.87. The van der Waals surface area contributed by atoms with Gasteiger partial charge in [-0.3, -0.25) is 0 Å². The summed E-state index contributed by atoms with van der Waals surface area (Å²) >= 11 is 0. The summed E-state index contributed by atoms with van der Waals surface area (Å²) in [4.78, 5) is 6.28. The van der Waals surface area contributed by atoms with Crippen LogP contribution in [0.4, 0.5) is 10.2 Å². The third kappa shape index (κ3) is 2.18. The smallest absolute Gasteiger partial charge is 0.141 e. The van der Waals surface area contributed by atoms with Crippen molar-refractivity contribution in [3.05, 3.63) is 36.5 Å². The Balaban J connectivity index is 1.65. The van der Waals surface area contributed by atoms with Gasteiger partial charge < -0.3 is 4.90 Å². The number of hydrogen-bond acceptors (Lipinski definition) is 4. The van der Waals surface area contributed by atoms with E-state index in [0.717, 1.165) is 31.7 Å². The molecule has 0 radical (unpaired) electrons. The molecule has 94 valence electrons. The van der Waals surface area contributed by atoms with Crippen LogP contribution in [0.25, 0.3) is 0 Å². The number of aromatic nitrogens is 4. The van der Waals surface area contributed by atoms with Gasteiger partial charge in [0.05, 0.1) is 18.4 Å². The molecule has 0 amide bonds. The van der Waals surface area contributed by atoms with Crippen LogP contribution in [0.5, 0.6) is 0 Å². The van der Waals surface area contributed by atoms with Gasteiger partial charge in [0.25, 0.3) is 0 Å². The number of nitrogens with zero attached hydrogens (tertiary/aromatic N) is 5. The summed E-state index contributed by atoms with van der Waals surface area (Å²) < 4.78 is 14.7. The van der Waals surface area contributed by atoms with Crippen molar-refractivity contribution in [3.8, 4) is 0 Å². The van der Waals surface area contributed by atoms with E-state index in [0.29, 0.717) is 6.04 Å². The van der Waals surface area contributed by atoms with E-state index >= 15 is 0 Å². The molecule has 0 bridgehead atoms. The highest BCUT2D eigenvalue weighted by Crippen LogP contribution is 2.24. The van der Waals surface area contributed by atoms with Gasteiger partial charge in [-0.05, 0) is 25.0 Å². The second-order valence-corrected chi connectivity index (χ2v) is 4.44. The number of pyridine rings is 1. The van der Waals surface area contributed by atoms with Gasteiger partial charge >= 0.3 is 0 Å². The van der Waals surface area contributed by atoms with E-state index < -0.39 is 0 Å². The second-order valence-electron chi connectivity index (χ2n) is 4.44. The molecule has 3 heterocycles. The minimum atomic E-state index is -0.295. The Hall–Kier alpha value is -1.98. The highest BCUT2D eigenvalue weighted by Gasteiger charge is 2.21. The summed E-state index contributed by atoms with van der Waals surface area (Å²) in [7, 11) is 0. The summed E-state index contributed by atoms with van der Waals surface area (Å²) in [5.41, 5.74) is 0. The lowest BCUT2D eigenvalue weighted by molar-refractivity contribution is 0.359. The third-order valence-corrected chi connectivity index (χ3v) is 3.32. The maximum Gasteiger partial charge on any atom is 0.141 e. The zero-order chi connectivity index (χ0) is 12.4. The molecule has 2 aromatic rings. The van der Waals surface area contributed by atoms with Crippen LogP contribution in [-0.2, 0) is 0 Å². The zero-order valence-electron chi connectivity index (χ0n) is 9.91. The fourth-order valence-electron chi connectivity index (χ4n) is 2.33. The molecular formula is C12H14FN5. The molecule has 6 heteroatoms. The van der Waals surface area contributed by atoms with Gasteiger partial charge in [-0.15, -0.1) is 5.10 Å². The van der Waals surface area contributed by atoms with Gasteiger partial charge in [0, 0.05) is 19.3 Å². The maximum atomic E-state index is 12.8. The van der Waals surface area contributed by atoms with E-state index in [4.69, 9.17) is 0 Å². The quantitative estimate of drug-likeness (QED) is 0.809. The van der Waals surface area contributed by atoms with Gasteiger partial charge in [0.1, 0.15) is 11.6 Å². The van der Waals surface area contributed by atoms with E-state index in [9.17, 15) is 4.39 Å². The molecule has 2 aromatic heterocycles. The van der Waals surface area contributed by atoms with Crippen molar-refractivity contribution in [3.63, 3.8) is 0 Å². The molecule has 0 saturated carbocycles. The molecule has 18 heavy (non-hydrogen) atoms. The molecule has 5 nitrogen and oxygen atoms in total. The Kier molecular flexibility index (Phi) is 2.92. The molecule has 0 N–H and O–H groups in total. The van der Waals surface area contributed by atoms with Crippen molar-refractivity contribution in [2.75, 3.05) is 18.0 Å². The molecule has 0 aliphatic carbocycles. The molecule has 0 aromatic carbocycles. The Morgan fingerprint density at radius 1 is 1.22 bits per heavy atom. The van der Waals surface area contributed by atoms with Crippen LogP contribution in [0.3, 0.4) is 0 Å². The van der Waals surface area contributed by atoms with Crippen molar-refractivity contribution in [2.45, 2.75) is 18.9 Å². The standard InChI is InChI=1S/C12H14FN5/c13-10-1-2-12(14-9-10)17-6-3-11(4-7-17)18-8-5-15-16-18/h1-2,5,8-9,11H,3-4,6-7H2. The topological polar surface area (TPSA) is 46.8 Å². The Morgan fingerprint density at radius 3 is 2.67 bits per heavy atom. The lowest BCUT2D eigenvalue weighted by atomic mass is 10.1. The van der Waals surface area contributed by atoms with E-state index in [2.05, 4.69) is 20.2 Å². The predicted molar refractivity (Wildman–Crippen MR) is 64.7 cm³/mol. The fourth-order valence-corrected chi connectivity index (χ4v) is 2.33.